The predicted octanol–water partition coefficient (Wildman–Crippen LogP) is 4.14. The Bertz CT molecular complexity index is 501. The summed E-state index contributed by atoms with van der Waals surface area (Å²) in [6.07, 6.45) is 5.05. The molecule has 0 heterocycles. The van der Waals surface area contributed by atoms with E-state index in [1.165, 1.54) is 4.90 Å². The summed E-state index contributed by atoms with van der Waals surface area (Å²) in [5.74, 6) is -3.97. The standard InChI is InChI=1S/C16H20F3NO/c1-3-10-4-6-12(7-5-10)20(2)16(21)11-8-13(17)15(19)14(18)9-11/h8-10,12H,3-7H2,1-2H3. The number of rotatable bonds is 3. The first-order valence-electron chi connectivity index (χ1n) is 7.35. The molecule has 0 aliphatic heterocycles. The van der Waals surface area contributed by atoms with Crippen LogP contribution in [0.4, 0.5) is 13.2 Å². The second kappa shape index (κ2) is 6.50. The zero-order valence-electron chi connectivity index (χ0n) is 12.3. The average Bonchev–Trinajstić information content (AvgIpc) is 2.50. The predicted molar refractivity (Wildman–Crippen MR) is 74.4 cm³/mol. The van der Waals surface area contributed by atoms with Crippen molar-refractivity contribution in [2.75, 3.05) is 7.05 Å². The summed E-state index contributed by atoms with van der Waals surface area (Å²) in [6.45, 7) is 2.16. The molecule has 1 amide bonds. The molecule has 2 nitrogen and oxygen atoms in total. The van der Waals surface area contributed by atoms with Gasteiger partial charge in [-0.15, -0.1) is 0 Å². The van der Waals surface area contributed by atoms with Crippen LogP contribution < -0.4 is 0 Å². The fraction of sp³-hybridized carbons (Fsp3) is 0.562. The molecule has 0 atom stereocenters. The van der Waals surface area contributed by atoms with Crippen molar-refractivity contribution in [2.45, 2.75) is 45.1 Å². The number of halogens is 3. The molecule has 0 aromatic heterocycles. The Hall–Kier alpha value is -1.52. The van der Waals surface area contributed by atoms with E-state index >= 15 is 0 Å². The van der Waals surface area contributed by atoms with Crippen LogP contribution in [-0.2, 0) is 0 Å². The Balaban J connectivity index is 2.09. The molecule has 116 valence electrons. The number of carbonyl (C=O) groups is 1. The Morgan fingerprint density at radius 1 is 1.14 bits per heavy atom. The number of hydrogen-bond acceptors (Lipinski definition) is 1. The maximum Gasteiger partial charge on any atom is 0.254 e. The second-order valence-electron chi connectivity index (χ2n) is 5.75. The van der Waals surface area contributed by atoms with E-state index in [0.29, 0.717) is 5.92 Å². The molecule has 1 aliphatic rings. The molecule has 1 aromatic carbocycles. The molecular weight excluding hydrogens is 279 g/mol. The zero-order chi connectivity index (χ0) is 15.6. The van der Waals surface area contributed by atoms with E-state index in [1.807, 2.05) is 0 Å². The molecule has 21 heavy (non-hydrogen) atoms. The molecule has 1 saturated carbocycles. The minimum atomic E-state index is -1.54. The van der Waals surface area contributed by atoms with Crippen LogP contribution in [0.5, 0.6) is 0 Å². The first-order chi connectivity index (χ1) is 9.93. The summed E-state index contributed by atoms with van der Waals surface area (Å²) in [7, 11) is 1.64. The van der Waals surface area contributed by atoms with Crippen LogP contribution in [0.1, 0.15) is 49.4 Å². The van der Waals surface area contributed by atoms with Crippen LogP contribution in [0.3, 0.4) is 0 Å². The molecule has 1 fully saturated rings. The number of hydrogen-bond donors (Lipinski definition) is 0. The summed E-state index contributed by atoms with van der Waals surface area (Å²) in [6, 6.07) is 1.60. The van der Waals surface area contributed by atoms with Crippen molar-refractivity contribution in [3.05, 3.63) is 35.1 Å². The number of amides is 1. The number of carbonyl (C=O) groups excluding carboxylic acids is 1. The average molecular weight is 299 g/mol. The molecule has 1 aromatic rings. The zero-order valence-corrected chi connectivity index (χ0v) is 12.3. The largest absolute Gasteiger partial charge is 0.339 e. The van der Waals surface area contributed by atoms with Gasteiger partial charge >= 0.3 is 0 Å². The van der Waals surface area contributed by atoms with Crippen LogP contribution in [-0.4, -0.2) is 23.9 Å². The van der Waals surface area contributed by atoms with Gasteiger partial charge < -0.3 is 4.90 Å². The Labute approximate surface area is 122 Å². The van der Waals surface area contributed by atoms with Crippen molar-refractivity contribution in [1.82, 2.24) is 4.90 Å². The lowest BCUT2D eigenvalue weighted by Gasteiger charge is -2.34. The van der Waals surface area contributed by atoms with Crippen molar-refractivity contribution >= 4 is 5.91 Å². The third kappa shape index (κ3) is 3.39. The highest BCUT2D eigenvalue weighted by Gasteiger charge is 2.27. The van der Waals surface area contributed by atoms with Crippen LogP contribution in [0.2, 0.25) is 0 Å². The second-order valence-corrected chi connectivity index (χ2v) is 5.75. The van der Waals surface area contributed by atoms with Gasteiger partial charge in [0.05, 0.1) is 0 Å². The van der Waals surface area contributed by atoms with E-state index in [1.54, 1.807) is 7.05 Å². The van der Waals surface area contributed by atoms with Crippen molar-refractivity contribution in [3.8, 4) is 0 Å². The van der Waals surface area contributed by atoms with Gasteiger partial charge in [0.2, 0.25) is 0 Å². The summed E-state index contributed by atoms with van der Waals surface area (Å²) in [5.41, 5.74) is -0.147. The van der Waals surface area contributed by atoms with Gasteiger partial charge in [-0.1, -0.05) is 13.3 Å². The molecule has 0 spiro atoms. The van der Waals surface area contributed by atoms with E-state index in [2.05, 4.69) is 6.92 Å². The van der Waals surface area contributed by atoms with Crippen LogP contribution in [0.25, 0.3) is 0 Å². The van der Waals surface area contributed by atoms with Crippen molar-refractivity contribution in [1.29, 1.82) is 0 Å². The van der Waals surface area contributed by atoms with Gasteiger partial charge in [0.25, 0.3) is 5.91 Å². The van der Waals surface area contributed by atoms with Crippen molar-refractivity contribution < 1.29 is 18.0 Å². The maximum atomic E-state index is 13.2. The highest BCUT2D eigenvalue weighted by Crippen LogP contribution is 2.29. The van der Waals surface area contributed by atoms with Gasteiger partial charge in [0.1, 0.15) is 0 Å². The number of nitrogens with zero attached hydrogens (tertiary/aromatic N) is 1. The summed E-state index contributed by atoms with van der Waals surface area (Å²) in [4.78, 5) is 13.8. The quantitative estimate of drug-likeness (QED) is 0.768. The van der Waals surface area contributed by atoms with E-state index in [-0.39, 0.29) is 11.6 Å². The molecule has 0 saturated heterocycles. The fourth-order valence-corrected chi connectivity index (χ4v) is 2.99. The van der Waals surface area contributed by atoms with Gasteiger partial charge in [0, 0.05) is 18.7 Å². The van der Waals surface area contributed by atoms with Crippen molar-refractivity contribution in [2.24, 2.45) is 5.92 Å². The Morgan fingerprint density at radius 3 is 2.14 bits per heavy atom. The first-order valence-corrected chi connectivity index (χ1v) is 7.35. The van der Waals surface area contributed by atoms with Crippen LogP contribution in [0, 0.1) is 23.4 Å². The molecule has 0 radical (unpaired) electrons. The highest BCUT2D eigenvalue weighted by atomic mass is 19.2. The SMILES string of the molecule is CCC1CCC(N(C)C(=O)c2cc(F)c(F)c(F)c2)CC1. The lowest BCUT2D eigenvalue weighted by molar-refractivity contribution is 0.0673. The molecule has 0 N–H and O–H groups in total. The summed E-state index contributed by atoms with van der Waals surface area (Å²) < 4.78 is 39.4. The lowest BCUT2D eigenvalue weighted by Crippen LogP contribution is -2.39. The van der Waals surface area contributed by atoms with E-state index in [9.17, 15) is 18.0 Å². The molecule has 0 bridgehead atoms. The third-order valence-electron chi connectivity index (χ3n) is 4.49. The minimum Gasteiger partial charge on any atom is -0.339 e. The lowest BCUT2D eigenvalue weighted by atomic mass is 9.84. The summed E-state index contributed by atoms with van der Waals surface area (Å²) in [5, 5.41) is 0. The van der Waals surface area contributed by atoms with Gasteiger partial charge in [-0.05, 0) is 43.7 Å². The van der Waals surface area contributed by atoms with Gasteiger partial charge in [-0.25, -0.2) is 13.2 Å². The molecule has 1 aliphatic carbocycles. The van der Waals surface area contributed by atoms with Gasteiger partial charge in [-0.2, -0.15) is 0 Å². The monoisotopic (exact) mass is 299 g/mol. The Kier molecular flexibility index (Phi) is 4.91. The normalized spacial score (nSPS) is 22.1. The highest BCUT2D eigenvalue weighted by molar-refractivity contribution is 5.94. The van der Waals surface area contributed by atoms with Crippen molar-refractivity contribution in [3.63, 3.8) is 0 Å². The van der Waals surface area contributed by atoms with E-state index in [4.69, 9.17) is 0 Å². The van der Waals surface area contributed by atoms with Gasteiger partial charge in [0.15, 0.2) is 17.5 Å². The molecule has 5 heteroatoms. The molecule has 2 rings (SSSR count). The molecular formula is C16H20F3NO. The van der Waals surface area contributed by atoms with Crippen LogP contribution >= 0.6 is 0 Å². The fourth-order valence-electron chi connectivity index (χ4n) is 2.99. The topological polar surface area (TPSA) is 20.3 Å². The minimum absolute atomic E-state index is 0.0801. The van der Waals surface area contributed by atoms with E-state index in [0.717, 1.165) is 44.2 Å². The maximum absolute atomic E-state index is 13.2. The smallest absolute Gasteiger partial charge is 0.254 e. The first kappa shape index (κ1) is 15.9. The van der Waals surface area contributed by atoms with Crippen LogP contribution in [0.15, 0.2) is 12.1 Å². The van der Waals surface area contributed by atoms with E-state index < -0.39 is 23.4 Å². The van der Waals surface area contributed by atoms with Gasteiger partial charge in [-0.3, -0.25) is 4.79 Å². The third-order valence-corrected chi connectivity index (χ3v) is 4.49. The summed E-state index contributed by atoms with van der Waals surface area (Å²) >= 11 is 0. The number of benzene rings is 1. The molecule has 0 unspecified atom stereocenters. The Morgan fingerprint density at radius 2 is 1.67 bits per heavy atom.